The highest BCUT2D eigenvalue weighted by atomic mass is 32.2. The van der Waals surface area contributed by atoms with E-state index in [4.69, 9.17) is 14.5 Å². The first-order chi connectivity index (χ1) is 13.5. The number of hydrogen-bond donors (Lipinski definition) is 2. The van der Waals surface area contributed by atoms with Gasteiger partial charge in [0, 0.05) is 40.5 Å². The van der Waals surface area contributed by atoms with E-state index in [1.54, 1.807) is 7.11 Å². The number of nitrogens with one attached hydrogen (secondary N) is 2. The van der Waals surface area contributed by atoms with Crippen LogP contribution >= 0.6 is 0 Å². The normalized spacial score (nSPS) is 22.2. The average molecular weight is 410 g/mol. The third-order valence-electron chi connectivity index (χ3n) is 4.85. The van der Waals surface area contributed by atoms with E-state index in [1.807, 2.05) is 38.1 Å². The Bertz CT molecular complexity index is 654. The molecule has 0 spiro atoms. The fourth-order valence-electron chi connectivity index (χ4n) is 3.43. The number of hydrogen-bond acceptors (Lipinski definition) is 4. The highest BCUT2D eigenvalue weighted by Gasteiger charge is 2.26. The maximum atomic E-state index is 12.2. The molecule has 1 aromatic rings. The fraction of sp³-hybridized carbons (Fsp3) is 0.667. The summed E-state index contributed by atoms with van der Waals surface area (Å²) in [6, 6.07) is 7.92. The first-order valence-electron chi connectivity index (χ1n) is 10.3. The third-order valence-corrected chi connectivity index (χ3v) is 6.59. The molecular formula is C21H35N3O3S. The van der Waals surface area contributed by atoms with Crippen LogP contribution in [0.25, 0.3) is 0 Å². The first kappa shape index (κ1) is 22.5. The lowest BCUT2D eigenvalue weighted by Crippen LogP contribution is -2.47. The van der Waals surface area contributed by atoms with E-state index in [-0.39, 0.29) is 6.10 Å². The van der Waals surface area contributed by atoms with Gasteiger partial charge in [0.15, 0.2) is 5.96 Å². The van der Waals surface area contributed by atoms with Crippen molar-refractivity contribution in [3.05, 3.63) is 24.3 Å². The molecule has 1 aliphatic rings. The number of methoxy groups -OCH3 is 1. The molecule has 28 heavy (non-hydrogen) atoms. The zero-order valence-electron chi connectivity index (χ0n) is 17.6. The monoisotopic (exact) mass is 409 g/mol. The summed E-state index contributed by atoms with van der Waals surface area (Å²) >= 11 is 0. The maximum absolute atomic E-state index is 12.2. The number of ether oxygens (including phenoxy) is 2. The number of aliphatic imine (C=N–C) groups is 1. The molecule has 2 rings (SSSR count). The van der Waals surface area contributed by atoms with Crippen LogP contribution in [0.3, 0.4) is 0 Å². The van der Waals surface area contributed by atoms with Crippen LogP contribution in [-0.2, 0) is 10.8 Å². The largest absolute Gasteiger partial charge is 0.497 e. The molecule has 1 aliphatic carbocycles. The molecule has 0 heterocycles. The van der Waals surface area contributed by atoms with Gasteiger partial charge in [-0.25, -0.2) is 4.99 Å². The van der Waals surface area contributed by atoms with Crippen molar-refractivity contribution in [2.75, 3.05) is 26.0 Å². The number of nitrogens with zero attached hydrogens (tertiary/aromatic N) is 1. The quantitative estimate of drug-likeness (QED) is 0.484. The number of rotatable bonds is 9. The van der Waals surface area contributed by atoms with Crippen LogP contribution in [0.4, 0.5) is 0 Å². The summed E-state index contributed by atoms with van der Waals surface area (Å²) in [6.07, 6.45) is 4.16. The van der Waals surface area contributed by atoms with Crippen molar-refractivity contribution in [1.82, 2.24) is 10.6 Å². The van der Waals surface area contributed by atoms with Crippen molar-refractivity contribution < 1.29 is 13.7 Å². The molecule has 7 heteroatoms. The third kappa shape index (κ3) is 7.34. The molecule has 1 aromatic carbocycles. The minimum atomic E-state index is -0.720. The summed E-state index contributed by atoms with van der Waals surface area (Å²) in [5.41, 5.74) is 0. The summed E-state index contributed by atoms with van der Waals surface area (Å²) in [5.74, 6) is 3.10. The van der Waals surface area contributed by atoms with Crippen LogP contribution < -0.4 is 20.1 Å². The Morgan fingerprint density at radius 3 is 2.82 bits per heavy atom. The lowest BCUT2D eigenvalue weighted by Gasteiger charge is -2.30. The van der Waals surface area contributed by atoms with Gasteiger partial charge in [0.25, 0.3) is 0 Å². The van der Waals surface area contributed by atoms with Crippen molar-refractivity contribution in [3.63, 3.8) is 0 Å². The standard InChI is InChI=1S/C21H35N3O3S/c1-5-22-21(24-17-9-7-12-20(13-17)28(25)6-2)23-15-16(3)27-19-11-8-10-18(14-19)26-4/h8,10-11,14,16-17,20H,5-7,9,12-13,15H2,1-4H3,(H2,22,23,24). The molecule has 2 N–H and O–H groups in total. The second-order valence-electron chi connectivity index (χ2n) is 7.13. The fourth-order valence-corrected chi connectivity index (χ4v) is 4.78. The number of benzene rings is 1. The van der Waals surface area contributed by atoms with Crippen LogP contribution in [-0.4, -0.2) is 53.5 Å². The summed E-state index contributed by atoms with van der Waals surface area (Å²) in [7, 11) is 0.926. The molecule has 0 amide bonds. The summed E-state index contributed by atoms with van der Waals surface area (Å²) in [5, 5.41) is 7.15. The Kier molecular flexibility index (Phi) is 9.61. The highest BCUT2D eigenvalue weighted by molar-refractivity contribution is 7.85. The van der Waals surface area contributed by atoms with Crippen LogP contribution in [0.5, 0.6) is 11.5 Å². The molecule has 1 fully saturated rings. The molecule has 158 valence electrons. The first-order valence-corrected chi connectivity index (χ1v) is 11.7. The van der Waals surface area contributed by atoms with Crippen LogP contribution in [0.1, 0.15) is 46.5 Å². The SMILES string of the molecule is CCNC(=NCC(C)Oc1cccc(OC)c1)NC1CCCC(S(=O)CC)C1. The summed E-state index contributed by atoms with van der Waals surface area (Å²) in [6.45, 7) is 7.41. The Labute approximate surface area is 171 Å². The van der Waals surface area contributed by atoms with Crippen molar-refractivity contribution in [1.29, 1.82) is 0 Å². The number of guanidine groups is 1. The second-order valence-corrected chi connectivity index (χ2v) is 9.13. The van der Waals surface area contributed by atoms with Crippen molar-refractivity contribution in [2.45, 2.75) is 63.9 Å². The van der Waals surface area contributed by atoms with E-state index in [0.717, 1.165) is 55.4 Å². The second kappa shape index (κ2) is 11.9. The lowest BCUT2D eigenvalue weighted by atomic mass is 9.95. The minimum absolute atomic E-state index is 0.0609. The molecule has 4 unspecified atom stereocenters. The van der Waals surface area contributed by atoms with E-state index in [9.17, 15) is 4.21 Å². The van der Waals surface area contributed by atoms with Gasteiger partial charge in [-0.3, -0.25) is 4.21 Å². The average Bonchev–Trinajstić information content (AvgIpc) is 2.72. The summed E-state index contributed by atoms with van der Waals surface area (Å²) < 4.78 is 23.4. The molecule has 4 atom stereocenters. The minimum Gasteiger partial charge on any atom is -0.497 e. The molecule has 0 aromatic heterocycles. The van der Waals surface area contributed by atoms with Gasteiger partial charge in [0.2, 0.25) is 0 Å². The molecule has 0 bridgehead atoms. The van der Waals surface area contributed by atoms with E-state index in [0.29, 0.717) is 17.8 Å². The molecule has 1 saturated carbocycles. The maximum Gasteiger partial charge on any atom is 0.191 e. The van der Waals surface area contributed by atoms with Gasteiger partial charge in [-0.05, 0) is 45.2 Å². The smallest absolute Gasteiger partial charge is 0.191 e. The van der Waals surface area contributed by atoms with Crippen molar-refractivity contribution >= 4 is 16.8 Å². The lowest BCUT2D eigenvalue weighted by molar-refractivity contribution is 0.229. The molecule has 6 nitrogen and oxygen atoms in total. The van der Waals surface area contributed by atoms with E-state index < -0.39 is 10.8 Å². The molecule has 0 saturated heterocycles. The van der Waals surface area contributed by atoms with Crippen LogP contribution in [0.15, 0.2) is 29.3 Å². The molecular weight excluding hydrogens is 374 g/mol. The van der Waals surface area contributed by atoms with E-state index in [2.05, 4.69) is 17.6 Å². The topological polar surface area (TPSA) is 72.0 Å². The molecule has 0 radical (unpaired) electrons. The van der Waals surface area contributed by atoms with Crippen LogP contribution in [0, 0.1) is 0 Å². The predicted octanol–water partition coefficient (Wildman–Crippen LogP) is 3.10. The van der Waals surface area contributed by atoms with Crippen molar-refractivity contribution in [2.24, 2.45) is 4.99 Å². The van der Waals surface area contributed by atoms with Gasteiger partial charge in [-0.15, -0.1) is 0 Å². The predicted molar refractivity (Wildman–Crippen MR) is 117 cm³/mol. The van der Waals surface area contributed by atoms with Crippen molar-refractivity contribution in [3.8, 4) is 11.5 Å². The van der Waals surface area contributed by atoms with Gasteiger partial charge >= 0.3 is 0 Å². The van der Waals surface area contributed by atoms with Gasteiger partial charge < -0.3 is 20.1 Å². The van der Waals surface area contributed by atoms with Gasteiger partial charge in [-0.2, -0.15) is 0 Å². The Balaban J connectivity index is 1.90. The zero-order chi connectivity index (χ0) is 20.4. The Morgan fingerprint density at radius 1 is 1.32 bits per heavy atom. The summed E-state index contributed by atoms with van der Waals surface area (Å²) in [4.78, 5) is 4.70. The van der Waals surface area contributed by atoms with Crippen LogP contribution in [0.2, 0.25) is 0 Å². The highest BCUT2D eigenvalue weighted by Crippen LogP contribution is 2.23. The van der Waals surface area contributed by atoms with E-state index >= 15 is 0 Å². The Morgan fingerprint density at radius 2 is 2.11 bits per heavy atom. The molecule has 0 aliphatic heterocycles. The Hall–Kier alpha value is -1.76. The zero-order valence-corrected chi connectivity index (χ0v) is 18.4. The van der Waals surface area contributed by atoms with Gasteiger partial charge in [0.05, 0.1) is 13.7 Å². The van der Waals surface area contributed by atoms with Gasteiger partial charge in [-0.1, -0.05) is 19.4 Å². The van der Waals surface area contributed by atoms with Gasteiger partial charge in [0.1, 0.15) is 17.6 Å². The van der Waals surface area contributed by atoms with E-state index in [1.165, 1.54) is 0 Å².